The van der Waals surface area contributed by atoms with Crippen LogP contribution < -0.4 is 11.1 Å². The Morgan fingerprint density at radius 1 is 1.53 bits per heavy atom. The van der Waals surface area contributed by atoms with Crippen LogP contribution in [-0.4, -0.2) is 23.2 Å². The third kappa shape index (κ3) is 3.91. The second kappa shape index (κ2) is 5.89. The van der Waals surface area contributed by atoms with Crippen molar-refractivity contribution in [2.75, 3.05) is 5.73 Å². The minimum absolute atomic E-state index is 0.141. The van der Waals surface area contributed by atoms with Crippen LogP contribution in [0.2, 0.25) is 5.02 Å². The number of carbonyl (C=O) groups is 1. The van der Waals surface area contributed by atoms with Gasteiger partial charge in [-0.1, -0.05) is 17.7 Å². The van der Waals surface area contributed by atoms with Gasteiger partial charge in [-0.05, 0) is 32.4 Å². The molecule has 0 heterocycles. The van der Waals surface area contributed by atoms with Crippen molar-refractivity contribution in [3.63, 3.8) is 0 Å². The Hall–Kier alpha value is -1.26. The van der Waals surface area contributed by atoms with Crippen molar-refractivity contribution in [2.24, 2.45) is 0 Å². The van der Waals surface area contributed by atoms with Crippen LogP contribution in [0, 0.1) is 0 Å². The van der Waals surface area contributed by atoms with Crippen LogP contribution in [0.4, 0.5) is 5.69 Å². The minimum Gasteiger partial charge on any atom is -0.398 e. The van der Waals surface area contributed by atoms with Crippen LogP contribution in [0.3, 0.4) is 0 Å². The number of anilines is 1. The molecule has 1 amide bonds. The molecule has 0 aromatic heterocycles. The summed E-state index contributed by atoms with van der Waals surface area (Å²) < 4.78 is 0. The molecule has 1 rings (SSSR count). The first-order valence-corrected chi connectivity index (χ1v) is 5.82. The quantitative estimate of drug-likeness (QED) is 0.719. The van der Waals surface area contributed by atoms with E-state index in [0.29, 0.717) is 17.1 Å². The van der Waals surface area contributed by atoms with E-state index in [9.17, 15) is 9.90 Å². The summed E-state index contributed by atoms with van der Waals surface area (Å²) in [5.74, 6) is -0.318. The predicted molar refractivity (Wildman–Crippen MR) is 69.1 cm³/mol. The van der Waals surface area contributed by atoms with E-state index in [4.69, 9.17) is 17.3 Å². The molecule has 0 bridgehead atoms. The Morgan fingerprint density at radius 2 is 2.18 bits per heavy atom. The highest BCUT2D eigenvalue weighted by Crippen LogP contribution is 2.21. The lowest BCUT2D eigenvalue weighted by atomic mass is 10.1. The third-order valence-electron chi connectivity index (χ3n) is 2.35. The minimum atomic E-state index is -0.464. The van der Waals surface area contributed by atoms with Crippen LogP contribution in [0.1, 0.15) is 30.6 Å². The largest absolute Gasteiger partial charge is 0.398 e. The zero-order valence-electron chi connectivity index (χ0n) is 9.90. The van der Waals surface area contributed by atoms with Gasteiger partial charge in [0.15, 0.2) is 0 Å². The molecule has 0 aliphatic rings. The lowest BCUT2D eigenvalue weighted by molar-refractivity contribution is 0.0924. The molecular formula is C12H17ClN2O2. The Morgan fingerprint density at radius 3 is 2.71 bits per heavy atom. The fraction of sp³-hybridized carbons (Fsp3) is 0.417. The fourth-order valence-corrected chi connectivity index (χ4v) is 1.91. The van der Waals surface area contributed by atoms with Gasteiger partial charge < -0.3 is 16.2 Å². The van der Waals surface area contributed by atoms with Gasteiger partial charge in [0, 0.05) is 11.7 Å². The number of nitrogens with two attached hydrogens (primary N) is 1. The smallest absolute Gasteiger partial charge is 0.255 e. The number of benzene rings is 1. The van der Waals surface area contributed by atoms with E-state index in [1.807, 2.05) is 6.92 Å². The maximum absolute atomic E-state index is 11.9. The van der Waals surface area contributed by atoms with E-state index < -0.39 is 6.10 Å². The van der Waals surface area contributed by atoms with Crippen molar-refractivity contribution < 1.29 is 9.90 Å². The summed E-state index contributed by atoms with van der Waals surface area (Å²) in [5, 5.41) is 12.3. The van der Waals surface area contributed by atoms with Crippen molar-refractivity contribution in [3.8, 4) is 0 Å². The number of nitrogen functional groups attached to an aromatic ring is 1. The van der Waals surface area contributed by atoms with Gasteiger partial charge in [0.2, 0.25) is 0 Å². The molecule has 17 heavy (non-hydrogen) atoms. The number of aliphatic hydroxyl groups is 1. The van der Waals surface area contributed by atoms with Gasteiger partial charge >= 0.3 is 0 Å². The summed E-state index contributed by atoms with van der Waals surface area (Å²) in [7, 11) is 0. The Balaban J connectivity index is 2.77. The monoisotopic (exact) mass is 256 g/mol. The maximum Gasteiger partial charge on any atom is 0.255 e. The Labute approximate surface area is 106 Å². The lowest BCUT2D eigenvalue weighted by Gasteiger charge is -2.16. The average molecular weight is 257 g/mol. The summed E-state index contributed by atoms with van der Waals surface area (Å²) in [6, 6.07) is 4.79. The molecule has 2 unspecified atom stereocenters. The van der Waals surface area contributed by atoms with Gasteiger partial charge in [0.05, 0.1) is 16.7 Å². The Kier molecular flexibility index (Phi) is 4.78. The van der Waals surface area contributed by atoms with E-state index in [1.165, 1.54) is 0 Å². The van der Waals surface area contributed by atoms with Crippen molar-refractivity contribution in [2.45, 2.75) is 32.4 Å². The van der Waals surface area contributed by atoms with Crippen molar-refractivity contribution in [1.29, 1.82) is 0 Å². The number of nitrogens with one attached hydrogen (secondary N) is 1. The number of rotatable bonds is 4. The fourth-order valence-electron chi connectivity index (χ4n) is 1.65. The molecule has 0 saturated heterocycles. The van der Waals surface area contributed by atoms with E-state index in [2.05, 4.69) is 5.32 Å². The molecule has 2 atom stereocenters. The molecule has 94 valence electrons. The number of aliphatic hydroxyl groups excluding tert-OH is 1. The van der Waals surface area contributed by atoms with Crippen molar-refractivity contribution in [1.82, 2.24) is 5.32 Å². The molecule has 0 aliphatic carbocycles. The Bertz CT molecular complexity index is 387. The highest BCUT2D eigenvalue weighted by Gasteiger charge is 2.16. The highest BCUT2D eigenvalue weighted by molar-refractivity contribution is 6.34. The lowest BCUT2D eigenvalue weighted by Crippen LogP contribution is -2.35. The SMILES string of the molecule is CC(O)CC(C)NC(=O)c1c(N)cccc1Cl. The molecule has 4 nitrogen and oxygen atoms in total. The summed E-state index contributed by atoms with van der Waals surface area (Å²) >= 11 is 5.92. The van der Waals surface area contributed by atoms with E-state index >= 15 is 0 Å². The van der Waals surface area contributed by atoms with Crippen LogP contribution in [0.5, 0.6) is 0 Å². The summed E-state index contributed by atoms with van der Waals surface area (Å²) in [6.07, 6.45) is 0.0183. The van der Waals surface area contributed by atoms with Gasteiger partial charge in [-0.25, -0.2) is 0 Å². The van der Waals surface area contributed by atoms with Crippen LogP contribution >= 0.6 is 11.6 Å². The maximum atomic E-state index is 11.9. The zero-order valence-corrected chi connectivity index (χ0v) is 10.7. The summed E-state index contributed by atoms with van der Waals surface area (Å²) in [4.78, 5) is 11.9. The standard InChI is InChI=1S/C12H17ClN2O2/c1-7(6-8(2)16)15-12(17)11-9(13)4-3-5-10(11)14/h3-5,7-8,16H,6,14H2,1-2H3,(H,15,17). The number of hydrogen-bond donors (Lipinski definition) is 3. The molecule has 0 spiro atoms. The van der Waals surface area contributed by atoms with Gasteiger partial charge in [0.1, 0.15) is 0 Å². The number of carbonyl (C=O) groups excluding carboxylic acids is 1. The molecule has 0 fully saturated rings. The summed E-state index contributed by atoms with van der Waals surface area (Å²) in [5.41, 5.74) is 6.34. The topological polar surface area (TPSA) is 75.3 Å². The van der Waals surface area contributed by atoms with Gasteiger partial charge in [-0.2, -0.15) is 0 Å². The first-order chi connectivity index (χ1) is 7.91. The molecule has 0 aliphatic heterocycles. The molecule has 0 radical (unpaired) electrons. The molecular weight excluding hydrogens is 240 g/mol. The highest BCUT2D eigenvalue weighted by atomic mass is 35.5. The summed E-state index contributed by atoms with van der Waals surface area (Å²) in [6.45, 7) is 3.49. The van der Waals surface area contributed by atoms with E-state index in [1.54, 1.807) is 25.1 Å². The van der Waals surface area contributed by atoms with Crippen molar-refractivity contribution in [3.05, 3.63) is 28.8 Å². The second-order valence-corrected chi connectivity index (χ2v) is 4.57. The number of hydrogen-bond acceptors (Lipinski definition) is 3. The first-order valence-electron chi connectivity index (χ1n) is 5.44. The molecule has 5 heteroatoms. The predicted octanol–water partition coefficient (Wildman–Crippen LogP) is 1.81. The van der Waals surface area contributed by atoms with Gasteiger partial charge in [-0.3, -0.25) is 4.79 Å². The second-order valence-electron chi connectivity index (χ2n) is 4.16. The van der Waals surface area contributed by atoms with Crippen molar-refractivity contribution >= 4 is 23.2 Å². The van der Waals surface area contributed by atoms with Crippen LogP contribution in [0.15, 0.2) is 18.2 Å². The first kappa shape index (κ1) is 13.8. The van der Waals surface area contributed by atoms with E-state index in [-0.39, 0.29) is 17.5 Å². The zero-order chi connectivity index (χ0) is 13.0. The normalized spacial score (nSPS) is 14.1. The molecule has 1 aromatic rings. The number of amides is 1. The van der Waals surface area contributed by atoms with Crippen LogP contribution in [-0.2, 0) is 0 Å². The number of halogens is 1. The molecule has 4 N–H and O–H groups in total. The average Bonchev–Trinajstić information content (AvgIpc) is 2.15. The van der Waals surface area contributed by atoms with Gasteiger partial charge in [-0.15, -0.1) is 0 Å². The van der Waals surface area contributed by atoms with Gasteiger partial charge in [0.25, 0.3) is 5.91 Å². The molecule has 0 saturated carbocycles. The van der Waals surface area contributed by atoms with Crippen LogP contribution in [0.25, 0.3) is 0 Å². The van der Waals surface area contributed by atoms with E-state index in [0.717, 1.165) is 0 Å². The molecule has 1 aromatic carbocycles. The third-order valence-corrected chi connectivity index (χ3v) is 2.66.